The number of carbonyl (C=O) groups is 2. The van der Waals surface area contributed by atoms with Crippen molar-refractivity contribution in [2.45, 2.75) is 18.9 Å². The van der Waals surface area contributed by atoms with Gasteiger partial charge < -0.3 is 14.6 Å². The van der Waals surface area contributed by atoms with E-state index in [4.69, 9.17) is 27.6 Å². The SMILES string of the molecule is O=C(NC1CCN(C(=O)c2ccc(Br)o2)CC1)c1cc(Cl)ccc1Cl. The van der Waals surface area contributed by atoms with Crippen LogP contribution in [0.2, 0.25) is 10.0 Å². The van der Waals surface area contributed by atoms with Gasteiger partial charge in [-0.2, -0.15) is 0 Å². The van der Waals surface area contributed by atoms with E-state index in [0.29, 0.717) is 52.0 Å². The number of nitrogens with zero attached hydrogens (tertiary/aromatic N) is 1. The Balaban J connectivity index is 1.56. The lowest BCUT2D eigenvalue weighted by Gasteiger charge is -2.32. The number of carbonyl (C=O) groups excluding carboxylic acids is 2. The molecule has 1 saturated heterocycles. The van der Waals surface area contributed by atoms with Crippen LogP contribution in [0.3, 0.4) is 0 Å². The van der Waals surface area contributed by atoms with Crippen molar-refractivity contribution in [2.24, 2.45) is 0 Å². The van der Waals surface area contributed by atoms with E-state index in [-0.39, 0.29) is 17.9 Å². The Morgan fingerprint density at radius 2 is 1.88 bits per heavy atom. The summed E-state index contributed by atoms with van der Waals surface area (Å²) in [4.78, 5) is 26.4. The molecule has 0 saturated carbocycles. The number of piperidine rings is 1. The molecule has 1 aliphatic rings. The maximum Gasteiger partial charge on any atom is 0.289 e. The molecular formula is C17H15BrCl2N2O3. The van der Waals surface area contributed by atoms with Crippen LogP contribution in [-0.2, 0) is 0 Å². The van der Waals surface area contributed by atoms with Gasteiger partial charge in [-0.3, -0.25) is 9.59 Å². The number of likely N-dealkylation sites (tertiary alicyclic amines) is 1. The Labute approximate surface area is 163 Å². The third kappa shape index (κ3) is 4.37. The predicted octanol–water partition coefficient (Wildman–Crippen LogP) is 4.38. The second-order valence-corrected chi connectivity index (χ2v) is 7.39. The van der Waals surface area contributed by atoms with E-state index in [0.717, 1.165) is 0 Å². The third-order valence-corrected chi connectivity index (χ3v) is 5.07. The molecule has 2 heterocycles. The van der Waals surface area contributed by atoms with Gasteiger partial charge in [-0.05, 0) is 59.1 Å². The van der Waals surface area contributed by atoms with Gasteiger partial charge >= 0.3 is 0 Å². The van der Waals surface area contributed by atoms with Crippen molar-refractivity contribution < 1.29 is 14.0 Å². The highest BCUT2D eigenvalue weighted by molar-refractivity contribution is 9.10. The van der Waals surface area contributed by atoms with Crippen LogP contribution < -0.4 is 5.32 Å². The van der Waals surface area contributed by atoms with Crippen molar-refractivity contribution in [3.8, 4) is 0 Å². The molecule has 0 bridgehead atoms. The number of furan rings is 1. The molecule has 1 aliphatic heterocycles. The van der Waals surface area contributed by atoms with E-state index in [2.05, 4.69) is 21.2 Å². The van der Waals surface area contributed by atoms with E-state index >= 15 is 0 Å². The van der Waals surface area contributed by atoms with E-state index in [1.807, 2.05) is 0 Å². The molecule has 1 fully saturated rings. The molecule has 132 valence electrons. The lowest BCUT2D eigenvalue weighted by atomic mass is 10.0. The topological polar surface area (TPSA) is 62.6 Å². The van der Waals surface area contributed by atoms with E-state index in [9.17, 15) is 9.59 Å². The van der Waals surface area contributed by atoms with E-state index in [1.54, 1.807) is 35.2 Å². The molecule has 0 atom stereocenters. The highest BCUT2D eigenvalue weighted by Crippen LogP contribution is 2.22. The van der Waals surface area contributed by atoms with Crippen LogP contribution in [0.25, 0.3) is 0 Å². The van der Waals surface area contributed by atoms with Crippen molar-refractivity contribution >= 4 is 50.9 Å². The molecule has 0 unspecified atom stereocenters. The zero-order valence-corrected chi connectivity index (χ0v) is 16.2. The second kappa shape index (κ2) is 7.81. The minimum absolute atomic E-state index is 0.0186. The van der Waals surface area contributed by atoms with Gasteiger partial charge in [0.1, 0.15) is 0 Å². The largest absolute Gasteiger partial charge is 0.444 e. The van der Waals surface area contributed by atoms with Crippen LogP contribution in [0.15, 0.2) is 39.4 Å². The Hall–Kier alpha value is -1.50. The molecule has 2 aromatic rings. The fourth-order valence-electron chi connectivity index (χ4n) is 2.75. The van der Waals surface area contributed by atoms with Crippen LogP contribution in [0.1, 0.15) is 33.8 Å². The smallest absolute Gasteiger partial charge is 0.289 e. The van der Waals surface area contributed by atoms with Crippen LogP contribution in [0.5, 0.6) is 0 Å². The molecule has 2 amide bonds. The fourth-order valence-corrected chi connectivity index (χ4v) is 3.43. The number of hydrogen-bond donors (Lipinski definition) is 1. The summed E-state index contributed by atoms with van der Waals surface area (Å²) in [6.07, 6.45) is 1.33. The third-order valence-electron chi connectivity index (χ3n) is 4.07. The molecule has 0 aliphatic carbocycles. The van der Waals surface area contributed by atoms with Gasteiger partial charge in [0.2, 0.25) is 0 Å². The molecule has 5 nitrogen and oxygen atoms in total. The first-order chi connectivity index (χ1) is 11.9. The van der Waals surface area contributed by atoms with Crippen LogP contribution in [-0.4, -0.2) is 35.8 Å². The number of benzene rings is 1. The van der Waals surface area contributed by atoms with Gasteiger partial charge in [0.25, 0.3) is 11.8 Å². The predicted molar refractivity (Wildman–Crippen MR) is 99.3 cm³/mol. The van der Waals surface area contributed by atoms with Crippen LogP contribution in [0.4, 0.5) is 0 Å². The molecule has 25 heavy (non-hydrogen) atoms. The minimum Gasteiger partial charge on any atom is -0.444 e. The minimum atomic E-state index is -0.257. The van der Waals surface area contributed by atoms with Crippen LogP contribution in [0, 0.1) is 0 Å². The summed E-state index contributed by atoms with van der Waals surface area (Å²) in [7, 11) is 0. The molecule has 1 N–H and O–H groups in total. The molecule has 0 spiro atoms. The first-order valence-corrected chi connectivity index (χ1v) is 9.29. The molecule has 1 aromatic heterocycles. The fraction of sp³-hybridized carbons (Fsp3) is 0.294. The maximum absolute atomic E-state index is 12.4. The van der Waals surface area contributed by atoms with E-state index in [1.165, 1.54) is 0 Å². The number of halogens is 3. The second-order valence-electron chi connectivity index (χ2n) is 5.77. The van der Waals surface area contributed by atoms with Crippen LogP contribution >= 0.6 is 39.1 Å². The molecule has 1 aromatic carbocycles. The standard InChI is InChI=1S/C17H15BrCl2N2O3/c18-15-4-3-14(25-15)17(24)22-7-5-11(6-8-22)21-16(23)12-9-10(19)1-2-13(12)20/h1-4,9,11H,5-8H2,(H,21,23). The Bertz CT molecular complexity index is 801. The first-order valence-electron chi connectivity index (χ1n) is 7.74. The number of hydrogen-bond acceptors (Lipinski definition) is 3. The highest BCUT2D eigenvalue weighted by Gasteiger charge is 2.26. The van der Waals surface area contributed by atoms with Gasteiger partial charge in [0, 0.05) is 24.2 Å². The van der Waals surface area contributed by atoms with Gasteiger partial charge in [0.15, 0.2) is 10.4 Å². The average molecular weight is 446 g/mol. The zero-order chi connectivity index (χ0) is 18.0. The first kappa shape index (κ1) is 18.3. The van der Waals surface area contributed by atoms with E-state index < -0.39 is 0 Å². The Morgan fingerprint density at radius 1 is 1.16 bits per heavy atom. The van der Waals surface area contributed by atoms with Crippen molar-refractivity contribution in [1.29, 1.82) is 0 Å². The average Bonchev–Trinajstić information content (AvgIpc) is 3.03. The molecular weight excluding hydrogens is 431 g/mol. The van der Waals surface area contributed by atoms with Gasteiger partial charge in [-0.1, -0.05) is 23.2 Å². The number of nitrogens with one attached hydrogen (secondary N) is 1. The quantitative estimate of drug-likeness (QED) is 0.762. The van der Waals surface area contributed by atoms with Gasteiger partial charge in [-0.25, -0.2) is 0 Å². The van der Waals surface area contributed by atoms with Crippen molar-refractivity contribution in [2.75, 3.05) is 13.1 Å². The Kier molecular flexibility index (Phi) is 5.71. The van der Waals surface area contributed by atoms with Crippen molar-refractivity contribution in [3.05, 3.63) is 56.4 Å². The summed E-state index contributed by atoms with van der Waals surface area (Å²) < 4.78 is 5.83. The van der Waals surface area contributed by atoms with Crippen molar-refractivity contribution in [1.82, 2.24) is 10.2 Å². The summed E-state index contributed by atoms with van der Waals surface area (Å²) in [5, 5.41) is 3.77. The summed E-state index contributed by atoms with van der Waals surface area (Å²) in [5.74, 6) is -0.0966. The zero-order valence-electron chi connectivity index (χ0n) is 13.1. The maximum atomic E-state index is 12.4. The normalized spacial score (nSPS) is 15.2. The highest BCUT2D eigenvalue weighted by atomic mass is 79.9. The number of rotatable bonds is 3. The lowest BCUT2D eigenvalue weighted by molar-refractivity contribution is 0.0666. The Morgan fingerprint density at radius 3 is 2.52 bits per heavy atom. The lowest BCUT2D eigenvalue weighted by Crippen LogP contribution is -2.46. The molecule has 3 rings (SSSR count). The summed E-state index contributed by atoms with van der Waals surface area (Å²) >= 11 is 15.2. The van der Waals surface area contributed by atoms with Gasteiger partial charge in [-0.15, -0.1) is 0 Å². The number of amides is 2. The monoisotopic (exact) mass is 444 g/mol. The summed E-state index contributed by atoms with van der Waals surface area (Å²) in [5.41, 5.74) is 0.355. The summed E-state index contributed by atoms with van der Waals surface area (Å²) in [6, 6.07) is 8.09. The van der Waals surface area contributed by atoms with Crippen molar-refractivity contribution in [3.63, 3.8) is 0 Å². The summed E-state index contributed by atoms with van der Waals surface area (Å²) in [6.45, 7) is 1.09. The van der Waals surface area contributed by atoms with Gasteiger partial charge in [0.05, 0.1) is 10.6 Å². The molecule has 8 heteroatoms. The molecule has 0 radical (unpaired) electrons.